The maximum Gasteiger partial charge on any atom is 0.433 e. The molecule has 2 amide bonds. The Morgan fingerprint density at radius 2 is 2.19 bits per heavy atom. The highest BCUT2D eigenvalue weighted by Gasteiger charge is 2.27. The number of aliphatic hydroxyl groups excluding tert-OH is 1. The summed E-state index contributed by atoms with van der Waals surface area (Å²) in [6.45, 7) is 6.15. The van der Waals surface area contributed by atoms with Gasteiger partial charge in [0.2, 0.25) is 5.91 Å². The number of halogens is 1. The number of rotatable bonds is 4. The summed E-state index contributed by atoms with van der Waals surface area (Å²) in [6, 6.07) is 7.12. The molecule has 6 nitrogen and oxygen atoms in total. The van der Waals surface area contributed by atoms with E-state index in [1.807, 2.05) is 6.07 Å². The molecule has 0 radical (unpaired) electrons. The number of ether oxygens (including phenoxy) is 1. The second-order valence-corrected chi connectivity index (χ2v) is 7.84. The van der Waals surface area contributed by atoms with Crippen LogP contribution in [0.5, 0.6) is 0 Å². The number of hydrogen-bond acceptors (Lipinski definition) is 4. The van der Waals surface area contributed by atoms with Crippen molar-refractivity contribution in [3.05, 3.63) is 34.9 Å². The van der Waals surface area contributed by atoms with Crippen molar-refractivity contribution >= 4 is 29.8 Å². The van der Waals surface area contributed by atoms with Gasteiger partial charge in [0.1, 0.15) is 5.60 Å². The van der Waals surface area contributed by atoms with Gasteiger partial charge in [0.15, 0.2) is 0 Å². The Balaban J connectivity index is 2.14. The lowest BCUT2D eigenvalue weighted by Crippen LogP contribution is -2.31. The third-order valence-corrected chi connectivity index (χ3v) is 4.18. The molecule has 1 aliphatic rings. The van der Waals surface area contributed by atoms with Crippen molar-refractivity contribution in [1.29, 1.82) is 0 Å². The lowest BCUT2D eigenvalue weighted by molar-refractivity contribution is -0.130. The third-order valence-electron chi connectivity index (χ3n) is 3.94. The Morgan fingerprint density at radius 3 is 2.77 bits per heavy atom. The van der Waals surface area contributed by atoms with Gasteiger partial charge in [-0.15, -0.1) is 0 Å². The van der Waals surface area contributed by atoms with E-state index in [0.29, 0.717) is 24.5 Å². The molecule has 0 spiro atoms. The van der Waals surface area contributed by atoms with E-state index >= 15 is 0 Å². The fourth-order valence-electron chi connectivity index (χ4n) is 2.72. The average Bonchev–Trinajstić information content (AvgIpc) is 2.96. The molecule has 0 bridgehead atoms. The van der Waals surface area contributed by atoms with Crippen molar-refractivity contribution in [2.75, 3.05) is 13.1 Å². The summed E-state index contributed by atoms with van der Waals surface area (Å²) >= 11 is 6.06. The summed E-state index contributed by atoms with van der Waals surface area (Å²) in [5, 5.41) is 10.2. The molecule has 2 rings (SSSR count). The first kappa shape index (κ1) is 20.4. The number of amides is 2. The van der Waals surface area contributed by atoms with Gasteiger partial charge < -0.3 is 14.7 Å². The van der Waals surface area contributed by atoms with E-state index in [4.69, 9.17) is 16.3 Å². The van der Waals surface area contributed by atoms with Crippen LogP contribution in [-0.2, 0) is 9.53 Å². The van der Waals surface area contributed by atoms with Gasteiger partial charge in [0.25, 0.3) is 0 Å². The van der Waals surface area contributed by atoms with Crippen molar-refractivity contribution in [1.82, 2.24) is 4.90 Å². The van der Waals surface area contributed by atoms with Gasteiger partial charge in [-0.3, -0.25) is 4.79 Å². The molecule has 1 aliphatic heterocycles. The van der Waals surface area contributed by atoms with Crippen LogP contribution in [0.25, 0.3) is 0 Å². The van der Waals surface area contributed by atoms with E-state index in [-0.39, 0.29) is 12.3 Å². The molecular formula is C19H25ClN2O4. The van der Waals surface area contributed by atoms with Crippen molar-refractivity contribution < 1.29 is 19.4 Å². The van der Waals surface area contributed by atoms with Gasteiger partial charge in [-0.1, -0.05) is 23.7 Å². The summed E-state index contributed by atoms with van der Waals surface area (Å²) in [4.78, 5) is 29.9. The number of carbonyl (C=O) groups is 2. The molecule has 142 valence electrons. The first-order chi connectivity index (χ1) is 12.1. The smallest absolute Gasteiger partial charge is 0.433 e. The number of aliphatic imine (C=N–C) groups is 1. The number of aliphatic hydroxyl groups is 1. The molecule has 1 aromatic rings. The molecule has 1 unspecified atom stereocenters. The van der Waals surface area contributed by atoms with Crippen molar-refractivity contribution in [2.24, 2.45) is 4.99 Å². The van der Waals surface area contributed by atoms with Crippen LogP contribution in [0.4, 0.5) is 4.79 Å². The van der Waals surface area contributed by atoms with E-state index in [1.54, 1.807) is 43.9 Å². The van der Waals surface area contributed by atoms with Gasteiger partial charge in [-0.05, 0) is 44.9 Å². The summed E-state index contributed by atoms with van der Waals surface area (Å²) in [6.07, 6.45) is 0.982. The van der Waals surface area contributed by atoms with Crippen LogP contribution in [-0.4, -0.2) is 53.0 Å². The molecule has 1 saturated heterocycles. The molecule has 2 atom stereocenters. The minimum Gasteiger partial charge on any atom is -0.442 e. The summed E-state index contributed by atoms with van der Waals surface area (Å²) in [5.74, 6) is -0.506. The van der Waals surface area contributed by atoms with Gasteiger partial charge in [0, 0.05) is 36.7 Å². The molecule has 1 heterocycles. The minimum absolute atomic E-state index is 0.0952. The van der Waals surface area contributed by atoms with Crippen molar-refractivity contribution in [2.45, 2.75) is 51.2 Å². The Kier molecular flexibility index (Phi) is 6.78. The molecule has 1 fully saturated rings. The van der Waals surface area contributed by atoms with Crippen molar-refractivity contribution in [3.63, 3.8) is 0 Å². The molecular weight excluding hydrogens is 356 g/mol. The van der Waals surface area contributed by atoms with E-state index in [1.165, 1.54) is 6.21 Å². The molecule has 26 heavy (non-hydrogen) atoms. The molecule has 1 aromatic carbocycles. The maximum absolute atomic E-state index is 12.5. The topological polar surface area (TPSA) is 79.2 Å². The second kappa shape index (κ2) is 8.64. The average molecular weight is 381 g/mol. The highest BCUT2D eigenvalue weighted by Crippen LogP contribution is 2.24. The fraction of sp³-hybridized carbons (Fsp3) is 0.526. The lowest BCUT2D eigenvalue weighted by atomic mass is 9.96. The molecule has 1 N–H and O–H groups in total. The number of nitrogens with zero attached hydrogens (tertiary/aromatic N) is 2. The summed E-state index contributed by atoms with van der Waals surface area (Å²) < 4.78 is 5.18. The quantitative estimate of drug-likeness (QED) is 0.812. The Labute approximate surface area is 158 Å². The Bertz CT molecular complexity index is 684. The second-order valence-electron chi connectivity index (χ2n) is 7.41. The van der Waals surface area contributed by atoms with Crippen LogP contribution < -0.4 is 0 Å². The molecule has 7 heteroatoms. The van der Waals surface area contributed by atoms with Gasteiger partial charge in [-0.2, -0.15) is 4.99 Å². The van der Waals surface area contributed by atoms with Crippen molar-refractivity contribution in [3.8, 4) is 0 Å². The van der Waals surface area contributed by atoms with Crippen LogP contribution in [0.3, 0.4) is 0 Å². The lowest BCUT2D eigenvalue weighted by Gasteiger charge is -2.20. The van der Waals surface area contributed by atoms with Crippen LogP contribution in [0, 0.1) is 0 Å². The maximum atomic E-state index is 12.5. The number of β-amino-alcohol motifs (C(OH)–C–C–N with tert-alkyl or cyclic N) is 1. The highest BCUT2D eigenvalue weighted by molar-refractivity contribution is 6.30. The van der Waals surface area contributed by atoms with Gasteiger partial charge in [0.05, 0.1) is 6.10 Å². The van der Waals surface area contributed by atoms with E-state index in [9.17, 15) is 14.7 Å². The summed E-state index contributed by atoms with van der Waals surface area (Å²) in [5.41, 5.74) is 0.152. The number of likely N-dealkylation sites (tertiary alicyclic amines) is 1. The zero-order valence-corrected chi connectivity index (χ0v) is 16.1. The van der Waals surface area contributed by atoms with Gasteiger partial charge in [-0.25, -0.2) is 4.79 Å². The number of carbonyl (C=O) groups excluding carboxylic acids is 2. The monoisotopic (exact) mass is 380 g/mol. The largest absolute Gasteiger partial charge is 0.442 e. The molecule has 0 saturated carbocycles. The first-order valence-corrected chi connectivity index (χ1v) is 9.00. The Morgan fingerprint density at radius 1 is 1.46 bits per heavy atom. The third kappa shape index (κ3) is 6.42. The predicted octanol–water partition coefficient (Wildman–Crippen LogP) is 3.41. The Hall–Kier alpha value is -1.92. The number of hydrogen-bond donors (Lipinski definition) is 1. The zero-order chi connectivity index (χ0) is 19.3. The normalized spacial score (nSPS) is 19.0. The minimum atomic E-state index is -0.700. The molecule has 0 aliphatic carbocycles. The van der Waals surface area contributed by atoms with Crippen LogP contribution >= 0.6 is 11.6 Å². The summed E-state index contributed by atoms with van der Waals surface area (Å²) in [7, 11) is 0. The van der Waals surface area contributed by atoms with E-state index < -0.39 is 23.7 Å². The van der Waals surface area contributed by atoms with E-state index in [2.05, 4.69) is 4.99 Å². The van der Waals surface area contributed by atoms with Crippen LogP contribution in [0.1, 0.15) is 45.1 Å². The number of benzene rings is 1. The standard InChI is InChI=1S/C19H25ClN2O4/c1-19(2,3)26-18(25)21-11-14(13-5-4-6-15(20)9-13)10-17(24)22-8-7-16(23)12-22/h4-6,9,11,14,16,23H,7-8,10,12H2,1-3H3/b21-11+/t14?,16-/m1/s1. The van der Waals surface area contributed by atoms with Gasteiger partial charge >= 0.3 is 6.09 Å². The van der Waals surface area contributed by atoms with Crippen LogP contribution in [0.15, 0.2) is 29.3 Å². The predicted molar refractivity (Wildman–Crippen MR) is 101 cm³/mol. The fourth-order valence-corrected chi connectivity index (χ4v) is 2.92. The first-order valence-electron chi connectivity index (χ1n) is 8.62. The SMILES string of the molecule is CC(C)(C)OC(=O)/N=C/C(CC(=O)N1CC[C@@H](O)C1)c1cccc(Cl)c1. The van der Waals surface area contributed by atoms with Crippen LogP contribution in [0.2, 0.25) is 5.02 Å². The molecule has 0 aromatic heterocycles. The zero-order valence-electron chi connectivity index (χ0n) is 15.3. The van der Waals surface area contributed by atoms with E-state index in [0.717, 1.165) is 5.56 Å². The highest BCUT2D eigenvalue weighted by atomic mass is 35.5.